The summed E-state index contributed by atoms with van der Waals surface area (Å²) in [6.45, 7) is 1.96. The van der Waals surface area contributed by atoms with E-state index in [0.29, 0.717) is 11.5 Å². The van der Waals surface area contributed by atoms with Crippen LogP contribution in [0.15, 0.2) is 47.2 Å². The van der Waals surface area contributed by atoms with Gasteiger partial charge < -0.3 is 9.73 Å². The maximum atomic E-state index is 12.7. The smallest absolute Gasteiger partial charge is 0.255 e. The van der Waals surface area contributed by atoms with Crippen LogP contribution in [0.5, 0.6) is 0 Å². The van der Waals surface area contributed by atoms with E-state index in [1.165, 1.54) is 30.4 Å². The average molecular weight is 333 g/mol. The Morgan fingerprint density at radius 3 is 2.72 bits per heavy atom. The molecule has 1 aliphatic carbocycles. The highest BCUT2D eigenvalue weighted by molar-refractivity contribution is 6.05. The highest BCUT2D eigenvalue weighted by Crippen LogP contribution is 2.26. The molecule has 1 aliphatic rings. The first-order valence-electron chi connectivity index (χ1n) is 8.51. The van der Waals surface area contributed by atoms with E-state index in [-0.39, 0.29) is 5.91 Å². The molecule has 2 aromatic carbocycles. The summed E-state index contributed by atoms with van der Waals surface area (Å²) in [4.78, 5) is 12.7. The minimum atomic E-state index is -0.0980. The maximum absolute atomic E-state index is 12.7. The number of carbonyl (C=O) groups is 1. The first kappa shape index (κ1) is 15.6. The number of aryl methyl sites for hydroxylation is 3. The fraction of sp³-hybridized carbons (Fsp3) is 0.250. The van der Waals surface area contributed by atoms with Gasteiger partial charge in [-0.2, -0.15) is 0 Å². The summed E-state index contributed by atoms with van der Waals surface area (Å²) in [5.41, 5.74) is 5.88. The van der Waals surface area contributed by atoms with Crippen molar-refractivity contribution in [2.24, 2.45) is 0 Å². The van der Waals surface area contributed by atoms with Crippen LogP contribution in [0, 0.1) is 6.92 Å². The summed E-state index contributed by atoms with van der Waals surface area (Å²) in [7, 11) is 0. The van der Waals surface area contributed by atoms with Crippen LogP contribution < -0.4 is 5.32 Å². The van der Waals surface area contributed by atoms with E-state index in [1.54, 1.807) is 0 Å². The van der Waals surface area contributed by atoms with Crippen molar-refractivity contribution in [3.05, 3.63) is 65.0 Å². The van der Waals surface area contributed by atoms with Crippen LogP contribution in [-0.2, 0) is 12.8 Å². The highest BCUT2D eigenvalue weighted by Gasteiger charge is 2.14. The molecule has 0 unspecified atom stereocenters. The van der Waals surface area contributed by atoms with Gasteiger partial charge in [0.25, 0.3) is 5.91 Å². The SMILES string of the molecule is Cc1ccc(-c2nnco2)cc1NC(=O)c1ccc2c(c1)CCCC2. The second-order valence-electron chi connectivity index (χ2n) is 6.42. The molecule has 3 aromatic rings. The van der Waals surface area contributed by atoms with Crippen molar-refractivity contribution in [2.45, 2.75) is 32.6 Å². The van der Waals surface area contributed by atoms with E-state index in [9.17, 15) is 4.79 Å². The monoisotopic (exact) mass is 333 g/mol. The number of aromatic nitrogens is 2. The number of nitrogens with one attached hydrogen (secondary N) is 1. The van der Waals surface area contributed by atoms with Crippen LogP contribution in [0.25, 0.3) is 11.5 Å². The summed E-state index contributed by atoms with van der Waals surface area (Å²) in [5.74, 6) is 0.337. The zero-order valence-corrected chi connectivity index (χ0v) is 14.1. The molecule has 0 bridgehead atoms. The predicted molar refractivity (Wildman–Crippen MR) is 95.5 cm³/mol. The zero-order chi connectivity index (χ0) is 17.2. The molecule has 25 heavy (non-hydrogen) atoms. The fourth-order valence-corrected chi connectivity index (χ4v) is 3.26. The third kappa shape index (κ3) is 3.18. The molecule has 0 atom stereocenters. The van der Waals surface area contributed by atoms with Gasteiger partial charge in [0, 0.05) is 16.8 Å². The standard InChI is InChI=1S/C20H19N3O2/c1-13-6-7-17(20-23-21-12-25-20)11-18(13)22-19(24)16-9-8-14-4-2-3-5-15(14)10-16/h6-12H,2-5H2,1H3,(H,22,24). The lowest BCUT2D eigenvalue weighted by Crippen LogP contribution is -2.14. The summed E-state index contributed by atoms with van der Waals surface area (Å²) in [6.07, 6.45) is 5.90. The number of hydrogen-bond acceptors (Lipinski definition) is 4. The molecule has 1 N–H and O–H groups in total. The molecule has 5 heteroatoms. The Morgan fingerprint density at radius 2 is 1.92 bits per heavy atom. The Labute approximate surface area is 146 Å². The van der Waals surface area contributed by atoms with Crippen LogP contribution in [0.2, 0.25) is 0 Å². The lowest BCUT2D eigenvalue weighted by molar-refractivity contribution is 0.102. The van der Waals surface area contributed by atoms with Crippen molar-refractivity contribution < 1.29 is 9.21 Å². The van der Waals surface area contributed by atoms with Crippen molar-refractivity contribution in [1.82, 2.24) is 10.2 Å². The quantitative estimate of drug-likeness (QED) is 0.781. The Balaban J connectivity index is 1.59. The number of fused-ring (bicyclic) bond motifs is 1. The molecule has 0 radical (unpaired) electrons. The topological polar surface area (TPSA) is 68.0 Å². The molecule has 0 saturated carbocycles. The summed E-state index contributed by atoms with van der Waals surface area (Å²) in [6, 6.07) is 11.7. The van der Waals surface area contributed by atoms with E-state index < -0.39 is 0 Å². The summed E-state index contributed by atoms with van der Waals surface area (Å²) < 4.78 is 5.23. The number of amides is 1. The first-order chi connectivity index (χ1) is 12.2. The van der Waals surface area contributed by atoms with Crippen LogP contribution in [0.3, 0.4) is 0 Å². The maximum Gasteiger partial charge on any atom is 0.255 e. The minimum absolute atomic E-state index is 0.0980. The van der Waals surface area contributed by atoms with Gasteiger partial charge in [-0.15, -0.1) is 10.2 Å². The lowest BCUT2D eigenvalue weighted by Gasteiger charge is -2.16. The van der Waals surface area contributed by atoms with Gasteiger partial charge in [0.05, 0.1) is 0 Å². The van der Waals surface area contributed by atoms with Gasteiger partial charge in [0.2, 0.25) is 12.3 Å². The lowest BCUT2D eigenvalue weighted by atomic mass is 9.90. The van der Waals surface area contributed by atoms with E-state index in [2.05, 4.69) is 21.6 Å². The van der Waals surface area contributed by atoms with Crippen LogP contribution in [0.1, 0.15) is 39.9 Å². The average Bonchev–Trinajstić information content (AvgIpc) is 3.18. The number of hydrogen-bond donors (Lipinski definition) is 1. The van der Waals surface area contributed by atoms with Gasteiger partial charge in [0.15, 0.2) is 0 Å². The van der Waals surface area contributed by atoms with Crippen molar-refractivity contribution in [1.29, 1.82) is 0 Å². The molecular weight excluding hydrogens is 314 g/mol. The van der Waals surface area contributed by atoms with E-state index in [4.69, 9.17) is 4.42 Å². The largest absolute Gasteiger partial charge is 0.423 e. The van der Waals surface area contributed by atoms with E-state index in [0.717, 1.165) is 29.7 Å². The second kappa shape index (κ2) is 6.51. The third-order valence-electron chi connectivity index (χ3n) is 4.70. The first-order valence-corrected chi connectivity index (χ1v) is 8.51. The molecular formula is C20H19N3O2. The number of rotatable bonds is 3. The van der Waals surface area contributed by atoms with Gasteiger partial charge in [-0.05, 0) is 73.6 Å². The van der Waals surface area contributed by atoms with Gasteiger partial charge in [0.1, 0.15) is 0 Å². The van der Waals surface area contributed by atoms with Gasteiger partial charge in [-0.25, -0.2) is 0 Å². The summed E-state index contributed by atoms with van der Waals surface area (Å²) >= 11 is 0. The van der Waals surface area contributed by atoms with Gasteiger partial charge in [-0.3, -0.25) is 4.79 Å². The Kier molecular flexibility index (Phi) is 4.06. The molecule has 1 amide bonds. The molecule has 0 aliphatic heterocycles. The third-order valence-corrected chi connectivity index (χ3v) is 4.70. The van der Waals surface area contributed by atoms with Gasteiger partial charge in [-0.1, -0.05) is 12.1 Å². The highest BCUT2D eigenvalue weighted by atomic mass is 16.4. The molecule has 0 fully saturated rings. The summed E-state index contributed by atoms with van der Waals surface area (Å²) in [5, 5.41) is 10.6. The normalized spacial score (nSPS) is 13.3. The van der Waals surface area contributed by atoms with Gasteiger partial charge >= 0.3 is 0 Å². The van der Waals surface area contributed by atoms with Crippen LogP contribution >= 0.6 is 0 Å². The van der Waals surface area contributed by atoms with E-state index in [1.807, 2.05) is 37.3 Å². The Hall–Kier alpha value is -2.95. The number of nitrogens with zero attached hydrogens (tertiary/aromatic N) is 2. The number of benzene rings is 2. The Bertz CT molecular complexity index is 917. The zero-order valence-electron chi connectivity index (χ0n) is 14.1. The van der Waals surface area contributed by atoms with Crippen molar-refractivity contribution in [2.75, 3.05) is 5.32 Å². The molecule has 5 nitrogen and oxygen atoms in total. The molecule has 1 heterocycles. The molecule has 1 aromatic heterocycles. The predicted octanol–water partition coefficient (Wildman–Crippen LogP) is 4.18. The minimum Gasteiger partial charge on any atom is -0.423 e. The van der Waals surface area contributed by atoms with Crippen LogP contribution in [-0.4, -0.2) is 16.1 Å². The Morgan fingerprint density at radius 1 is 1.08 bits per heavy atom. The molecule has 0 saturated heterocycles. The van der Waals surface area contributed by atoms with Crippen molar-refractivity contribution >= 4 is 11.6 Å². The number of anilines is 1. The second-order valence-corrected chi connectivity index (χ2v) is 6.42. The number of carbonyl (C=O) groups excluding carboxylic acids is 1. The van der Waals surface area contributed by atoms with E-state index >= 15 is 0 Å². The molecule has 4 rings (SSSR count). The molecule has 126 valence electrons. The fourth-order valence-electron chi connectivity index (χ4n) is 3.26. The van der Waals surface area contributed by atoms with Crippen molar-refractivity contribution in [3.63, 3.8) is 0 Å². The van der Waals surface area contributed by atoms with Crippen molar-refractivity contribution in [3.8, 4) is 11.5 Å². The van der Waals surface area contributed by atoms with Crippen LogP contribution in [0.4, 0.5) is 5.69 Å². The molecule has 0 spiro atoms.